The zero-order valence-corrected chi connectivity index (χ0v) is 8.73. The summed E-state index contributed by atoms with van der Waals surface area (Å²) in [5, 5.41) is 0. The lowest BCUT2D eigenvalue weighted by Gasteiger charge is -2.08. The van der Waals surface area contributed by atoms with Crippen LogP contribution in [0.15, 0.2) is 12.1 Å². The van der Waals surface area contributed by atoms with Crippen molar-refractivity contribution < 1.29 is 9.13 Å². The van der Waals surface area contributed by atoms with E-state index in [1.807, 2.05) is 0 Å². The number of ether oxygens (including phenoxy) is 1. The number of nitrogens with two attached hydrogens (primary N) is 1. The van der Waals surface area contributed by atoms with Gasteiger partial charge in [0.25, 0.3) is 0 Å². The minimum Gasteiger partial charge on any atom is -0.493 e. The summed E-state index contributed by atoms with van der Waals surface area (Å²) in [5.74, 6) is 0.563. The summed E-state index contributed by atoms with van der Waals surface area (Å²) in [7, 11) is 0. The maximum absolute atomic E-state index is 13.4. The predicted octanol–water partition coefficient (Wildman–Crippen LogP) is 2.20. The Labute approximate surface area is 88.7 Å². The number of fused-ring (bicyclic) bond motifs is 1. The van der Waals surface area contributed by atoms with Crippen LogP contribution in [0.1, 0.15) is 24.1 Å². The highest BCUT2D eigenvalue weighted by atomic mass is 35.5. The maximum atomic E-state index is 13.4. The quantitative estimate of drug-likeness (QED) is 0.783. The minimum atomic E-state index is -0.283. The van der Waals surface area contributed by atoms with Crippen molar-refractivity contribution in [2.24, 2.45) is 5.73 Å². The molecule has 78 valence electrons. The summed E-state index contributed by atoms with van der Waals surface area (Å²) in [6.07, 6.45) is 0.797. The molecule has 0 bridgehead atoms. The molecule has 0 spiro atoms. The number of hydrogen-bond acceptors (Lipinski definition) is 2. The Bertz CT molecular complexity index is 341. The monoisotopic (exact) mass is 217 g/mol. The fraction of sp³-hybridized carbons (Fsp3) is 0.400. The Morgan fingerprint density at radius 1 is 1.50 bits per heavy atom. The average Bonchev–Trinajstić information content (AvgIpc) is 2.48. The molecule has 2 nitrogen and oxygen atoms in total. The molecule has 14 heavy (non-hydrogen) atoms. The molecule has 1 aliphatic rings. The van der Waals surface area contributed by atoms with Crippen molar-refractivity contribution in [3.8, 4) is 5.75 Å². The Morgan fingerprint density at radius 2 is 2.21 bits per heavy atom. The molecule has 0 fully saturated rings. The standard InChI is InChI=1S/C10H12FNO.ClH/c1-6(12)8-5-10-7(2-3-13-10)4-9(8)11;/h4-6H,2-3,12H2,1H3;1H. The van der Waals surface area contributed by atoms with Gasteiger partial charge in [0.15, 0.2) is 0 Å². The van der Waals surface area contributed by atoms with Gasteiger partial charge in [-0.2, -0.15) is 0 Å². The van der Waals surface area contributed by atoms with Gasteiger partial charge >= 0.3 is 0 Å². The molecule has 1 aromatic carbocycles. The second kappa shape index (κ2) is 4.15. The van der Waals surface area contributed by atoms with E-state index in [1.54, 1.807) is 13.0 Å². The Balaban J connectivity index is 0.000000980. The lowest BCUT2D eigenvalue weighted by atomic mass is 10.0. The summed E-state index contributed by atoms with van der Waals surface area (Å²) >= 11 is 0. The summed E-state index contributed by atoms with van der Waals surface area (Å²) in [6, 6.07) is 2.96. The summed E-state index contributed by atoms with van der Waals surface area (Å²) < 4.78 is 18.7. The van der Waals surface area contributed by atoms with E-state index in [0.29, 0.717) is 12.2 Å². The van der Waals surface area contributed by atoms with Crippen LogP contribution in [0.2, 0.25) is 0 Å². The van der Waals surface area contributed by atoms with Crippen LogP contribution in [0.4, 0.5) is 4.39 Å². The van der Waals surface area contributed by atoms with E-state index in [4.69, 9.17) is 10.5 Å². The molecule has 0 amide bonds. The zero-order valence-electron chi connectivity index (χ0n) is 7.92. The highest BCUT2D eigenvalue weighted by Crippen LogP contribution is 2.30. The average molecular weight is 218 g/mol. The molecule has 4 heteroatoms. The molecule has 0 saturated carbocycles. The normalized spacial score (nSPS) is 15.4. The fourth-order valence-electron chi connectivity index (χ4n) is 1.56. The molecule has 0 saturated heterocycles. The summed E-state index contributed by atoms with van der Waals surface area (Å²) in [4.78, 5) is 0. The van der Waals surface area contributed by atoms with Crippen LogP contribution >= 0.6 is 12.4 Å². The van der Waals surface area contributed by atoms with E-state index >= 15 is 0 Å². The fourth-order valence-corrected chi connectivity index (χ4v) is 1.56. The molecular formula is C10H13ClFNO. The molecule has 1 aliphatic heterocycles. The van der Waals surface area contributed by atoms with Gasteiger partial charge in [-0.25, -0.2) is 4.39 Å². The molecule has 2 N–H and O–H groups in total. The predicted molar refractivity (Wildman–Crippen MR) is 55.4 cm³/mol. The second-order valence-corrected chi connectivity index (χ2v) is 3.37. The van der Waals surface area contributed by atoms with Crippen LogP contribution in [0, 0.1) is 5.82 Å². The van der Waals surface area contributed by atoms with Gasteiger partial charge in [-0.1, -0.05) is 0 Å². The van der Waals surface area contributed by atoms with E-state index in [2.05, 4.69) is 0 Å². The molecule has 0 aromatic heterocycles. The van der Waals surface area contributed by atoms with Crippen molar-refractivity contribution in [1.82, 2.24) is 0 Å². The Hall–Kier alpha value is -0.800. The first kappa shape index (κ1) is 11.3. The molecule has 0 aliphatic carbocycles. The number of halogens is 2. The van der Waals surface area contributed by atoms with Crippen LogP contribution in [0.3, 0.4) is 0 Å². The lowest BCUT2D eigenvalue weighted by molar-refractivity contribution is 0.356. The lowest BCUT2D eigenvalue weighted by Crippen LogP contribution is -2.07. The third-order valence-electron chi connectivity index (χ3n) is 2.30. The van der Waals surface area contributed by atoms with Gasteiger partial charge in [-0.3, -0.25) is 0 Å². The third-order valence-corrected chi connectivity index (χ3v) is 2.30. The van der Waals surface area contributed by atoms with Gasteiger partial charge in [0.05, 0.1) is 6.61 Å². The van der Waals surface area contributed by atoms with Crippen LogP contribution < -0.4 is 10.5 Å². The molecular weight excluding hydrogens is 205 g/mol. The van der Waals surface area contributed by atoms with E-state index in [9.17, 15) is 4.39 Å². The number of rotatable bonds is 1. The van der Waals surface area contributed by atoms with Gasteiger partial charge in [0.1, 0.15) is 11.6 Å². The van der Waals surface area contributed by atoms with Crippen LogP contribution in [-0.2, 0) is 6.42 Å². The van der Waals surface area contributed by atoms with Crippen molar-refractivity contribution in [2.75, 3.05) is 6.61 Å². The van der Waals surface area contributed by atoms with E-state index in [0.717, 1.165) is 17.7 Å². The van der Waals surface area contributed by atoms with Gasteiger partial charge in [0, 0.05) is 23.6 Å². The maximum Gasteiger partial charge on any atom is 0.128 e. The largest absolute Gasteiger partial charge is 0.493 e. The second-order valence-electron chi connectivity index (χ2n) is 3.37. The molecule has 1 heterocycles. The number of hydrogen-bond donors (Lipinski definition) is 1. The minimum absolute atomic E-state index is 0. The van der Waals surface area contributed by atoms with Gasteiger partial charge in [0.2, 0.25) is 0 Å². The van der Waals surface area contributed by atoms with E-state index < -0.39 is 0 Å². The Kier molecular flexibility index (Phi) is 3.34. The van der Waals surface area contributed by atoms with Gasteiger partial charge in [-0.15, -0.1) is 12.4 Å². The van der Waals surface area contributed by atoms with Gasteiger partial charge in [-0.05, 0) is 19.1 Å². The molecule has 0 radical (unpaired) electrons. The highest BCUT2D eigenvalue weighted by Gasteiger charge is 2.17. The van der Waals surface area contributed by atoms with Crippen molar-refractivity contribution in [3.05, 3.63) is 29.1 Å². The SMILES string of the molecule is CC(N)c1cc2c(cc1F)CCO2.Cl. The van der Waals surface area contributed by atoms with Crippen molar-refractivity contribution in [3.63, 3.8) is 0 Å². The summed E-state index contributed by atoms with van der Waals surface area (Å²) in [6.45, 7) is 2.41. The summed E-state index contributed by atoms with van der Waals surface area (Å²) in [5.41, 5.74) is 7.09. The molecule has 1 aromatic rings. The molecule has 2 rings (SSSR count). The van der Waals surface area contributed by atoms with Crippen LogP contribution in [-0.4, -0.2) is 6.61 Å². The highest BCUT2D eigenvalue weighted by molar-refractivity contribution is 5.85. The van der Waals surface area contributed by atoms with Crippen molar-refractivity contribution in [1.29, 1.82) is 0 Å². The third kappa shape index (κ3) is 1.83. The number of benzene rings is 1. The molecule has 1 unspecified atom stereocenters. The van der Waals surface area contributed by atoms with Crippen LogP contribution in [0.25, 0.3) is 0 Å². The first-order chi connectivity index (χ1) is 6.18. The first-order valence-electron chi connectivity index (χ1n) is 4.39. The smallest absolute Gasteiger partial charge is 0.128 e. The van der Waals surface area contributed by atoms with Gasteiger partial charge < -0.3 is 10.5 Å². The molecule has 1 atom stereocenters. The van der Waals surface area contributed by atoms with E-state index in [-0.39, 0.29) is 24.3 Å². The van der Waals surface area contributed by atoms with Crippen LogP contribution in [0.5, 0.6) is 5.75 Å². The zero-order chi connectivity index (χ0) is 9.42. The van der Waals surface area contributed by atoms with Crippen molar-refractivity contribution >= 4 is 12.4 Å². The topological polar surface area (TPSA) is 35.2 Å². The van der Waals surface area contributed by atoms with Crippen molar-refractivity contribution in [2.45, 2.75) is 19.4 Å². The first-order valence-corrected chi connectivity index (χ1v) is 4.39. The van der Waals surface area contributed by atoms with E-state index in [1.165, 1.54) is 6.07 Å². The Morgan fingerprint density at radius 3 is 2.86 bits per heavy atom.